The fourth-order valence-electron chi connectivity index (χ4n) is 3.00. The van der Waals surface area contributed by atoms with Gasteiger partial charge in [0.15, 0.2) is 0 Å². The number of aromatic nitrogens is 1. The zero-order chi connectivity index (χ0) is 17.5. The van der Waals surface area contributed by atoms with E-state index in [4.69, 9.17) is 4.42 Å². The van der Waals surface area contributed by atoms with Crippen molar-refractivity contribution in [2.45, 2.75) is 24.5 Å². The summed E-state index contributed by atoms with van der Waals surface area (Å²) < 4.78 is 5.39. The second-order valence-corrected chi connectivity index (χ2v) is 8.35. The molecule has 2 atom stereocenters. The van der Waals surface area contributed by atoms with Gasteiger partial charge in [0.05, 0.1) is 17.3 Å². The van der Waals surface area contributed by atoms with Gasteiger partial charge in [0, 0.05) is 34.8 Å². The number of benzene rings is 1. The fourth-order valence-corrected chi connectivity index (χ4v) is 5.26. The molecule has 2 aromatic heterocycles. The summed E-state index contributed by atoms with van der Waals surface area (Å²) in [7, 11) is 0. The van der Waals surface area contributed by atoms with E-state index in [9.17, 15) is 4.79 Å². The molecule has 1 amide bonds. The van der Waals surface area contributed by atoms with Gasteiger partial charge in [-0.15, -0.1) is 11.3 Å². The number of hydrogen-bond acceptors (Lipinski definition) is 7. The number of anilines is 1. The Morgan fingerprint density at radius 3 is 3.04 bits per heavy atom. The van der Waals surface area contributed by atoms with E-state index < -0.39 is 5.12 Å². The fraction of sp³-hybridized carbons (Fsp3) is 0.294. The molecule has 1 aliphatic rings. The first-order chi connectivity index (χ1) is 12.0. The number of carbonyl (C=O) groups is 1. The minimum atomic E-state index is -0.790. The maximum atomic E-state index is 11.8. The monoisotopic (exact) mass is 374 g/mol. The highest BCUT2D eigenvalue weighted by Gasteiger charge is 2.48. The summed E-state index contributed by atoms with van der Waals surface area (Å²) in [6.07, 6.45) is 3.54. The molecule has 0 aliphatic carbocycles. The predicted molar refractivity (Wildman–Crippen MR) is 101 cm³/mol. The van der Waals surface area contributed by atoms with Crippen LogP contribution in [0.4, 0.5) is 5.69 Å². The van der Waals surface area contributed by atoms with Gasteiger partial charge in [-0.2, -0.15) is 0 Å². The number of rotatable bonds is 4. The molecule has 25 heavy (non-hydrogen) atoms. The van der Waals surface area contributed by atoms with Crippen LogP contribution in [0.1, 0.15) is 18.7 Å². The molecule has 8 heteroatoms. The molecule has 6 nitrogen and oxygen atoms in total. The van der Waals surface area contributed by atoms with Crippen molar-refractivity contribution in [2.75, 3.05) is 11.1 Å². The molecule has 3 aromatic rings. The van der Waals surface area contributed by atoms with Crippen LogP contribution in [0.3, 0.4) is 0 Å². The van der Waals surface area contributed by atoms with Crippen LogP contribution in [0.2, 0.25) is 0 Å². The Hall–Kier alpha value is -2.03. The van der Waals surface area contributed by atoms with Crippen LogP contribution < -0.4 is 16.0 Å². The Kier molecular flexibility index (Phi) is 3.98. The van der Waals surface area contributed by atoms with Gasteiger partial charge in [0.25, 0.3) is 0 Å². The van der Waals surface area contributed by atoms with Crippen LogP contribution in [-0.4, -0.2) is 21.8 Å². The second kappa shape index (κ2) is 6.05. The highest BCUT2D eigenvalue weighted by molar-refractivity contribution is 8.01. The van der Waals surface area contributed by atoms with Gasteiger partial charge in [-0.25, -0.2) is 0 Å². The standard InChI is InChI=1S/C17H18N4O2S2/c1-11(22)19-17(20-13-3-4-14-12(7-13)5-6-23-14)21-16(2,9-25-17)15-8-18-10-24-15/h3-8,10,20-21H,9H2,1-2H3,(H,19,22). The van der Waals surface area contributed by atoms with Crippen LogP contribution in [0.5, 0.6) is 0 Å². The van der Waals surface area contributed by atoms with Crippen LogP contribution in [0.15, 0.2) is 46.7 Å². The Labute approximate surface area is 153 Å². The number of nitrogens with one attached hydrogen (secondary N) is 3. The quantitative estimate of drug-likeness (QED) is 0.608. The molecule has 4 rings (SSSR count). The van der Waals surface area contributed by atoms with Crippen molar-refractivity contribution in [2.24, 2.45) is 0 Å². The molecule has 2 unspecified atom stereocenters. The lowest BCUT2D eigenvalue weighted by Crippen LogP contribution is -2.61. The molecule has 1 aliphatic heterocycles. The largest absolute Gasteiger partial charge is 0.464 e. The maximum Gasteiger partial charge on any atom is 0.220 e. The Balaban J connectivity index is 1.65. The van der Waals surface area contributed by atoms with Crippen LogP contribution >= 0.6 is 23.1 Å². The van der Waals surface area contributed by atoms with Crippen molar-refractivity contribution in [1.82, 2.24) is 15.6 Å². The van der Waals surface area contributed by atoms with Crippen molar-refractivity contribution in [3.05, 3.63) is 47.1 Å². The van der Waals surface area contributed by atoms with Gasteiger partial charge in [0.2, 0.25) is 11.0 Å². The molecule has 3 N–H and O–H groups in total. The highest BCUT2D eigenvalue weighted by atomic mass is 32.2. The summed E-state index contributed by atoms with van der Waals surface area (Å²) in [6.45, 7) is 3.64. The van der Waals surface area contributed by atoms with E-state index in [1.165, 1.54) is 6.92 Å². The van der Waals surface area contributed by atoms with Gasteiger partial charge >= 0.3 is 0 Å². The van der Waals surface area contributed by atoms with E-state index in [1.54, 1.807) is 29.4 Å². The molecular formula is C17H18N4O2S2. The molecule has 1 aromatic carbocycles. The van der Waals surface area contributed by atoms with Crippen LogP contribution in [-0.2, 0) is 10.3 Å². The summed E-state index contributed by atoms with van der Waals surface area (Å²) in [5.41, 5.74) is 3.28. The maximum absolute atomic E-state index is 11.8. The first-order valence-corrected chi connectivity index (χ1v) is 9.71. The van der Waals surface area contributed by atoms with E-state index >= 15 is 0 Å². The first-order valence-electron chi connectivity index (χ1n) is 7.85. The van der Waals surface area contributed by atoms with Crippen LogP contribution in [0, 0.1) is 0 Å². The molecule has 0 saturated carbocycles. The van der Waals surface area contributed by atoms with Crippen molar-refractivity contribution in [3.8, 4) is 0 Å². The third-order valence-electron chi connectivity index (χ3n) is 4.13. The smallest absolute Gasteiger partial charge is 0.220 e. The SMILES string of the molecule is CC(=O)NC1(Nc2ccc3occc3c2)NC(C)(c2cncs2)CS1. The summed E-state index contributed by atoms with van der Waals surface area (Å²) >= 11 is 3.24. The molecule has 0 bridgehead atoms. The average molecular weight is 374 g/mol. The van der Waals surface area contributed by atoms with E-state index in [0.29, 0.717) is 0 Å². The average Bonchev–Trinajstić information content (AvgIpc) is 3.27. The van der Waals surface area contributed by atoms with Crippen LogP contribution in [0.25, 0.3) is 11.0 Å². The molecule has 0 radical (unpaired) electrons. The van der Waals surface area contributed by atoms with E-state index in [2.05, 4.69) is 27.9 Å². The van der Waals surface area contributed by atoms with Gasteiger partial charge in [-0.1, -0.05) is 11.8 Å². The molecular weight excluding hydrogens is 356 g/mol. The summed E-state index contributed by atoms with van der Waals surface area (Å²) in [6, 6.07) is 7.79. The second-order valence-electron chi connectivity index (χ2n) is 6.27. The lowest BCUT2D eigenvalue weighted by atomic mass is 10.0. The summed E-state index contributed by atoms with van der Waals surface area (Å²) in [5.74, 6) is 0.696. The van der Waals surface area contributed by atoms with E-state index in [0.717, 1.165) is 27.3 Å². The molecule has 3 heterocycles. The lowest BCUT2D eigenvalue weighted by molar-refractivity contribution is -0.120. The molecule has 1 fully saturated rings. The van der Waals surface area contributed by atoms with Gasteiger partial charge < -0.3 is 15.1 Å². The van der Waals surface area contributed by atoms with Gasteiger partial charge in [0.1, 0.15) is 5.58 Å². The van der Waals surface area contributed by atoms with Gasteiger partial charge in [-0.05, 0) is 31.2 Å². The first kappa shape index (κ1) is 16.4. The Morgan fingerprint density at radius 2 is 2.28 bits per heavy atom. The normalized spacial score (nSPS) is 26.0. The van der Waals surface area contributed by atoms with E-state index in [1.807, 2.05) is 36.0 Å². The highest BCUT2D eigenvalue weighted by Crippen LogP contribution is 2.41. The zero-order valence-electron chi connectivity index (χ0n) is 13.8. The number of furan rings is 1. The molecule has 1 saturated heterocycles. The number of fused-ring (bicyclic) bond motifs is 1. The minimum absolute atomic E-state index is 0.106. The summed E-state index contributed by atoms with van der Waals surface area (Å²) in [5, 5.41) is 10.3. The lowest BCUT2D eigenvalue weighted by Gasteiger charge is -2.34. The number of thioether (sulfide) groups is 1. The topological polar surface area (TPSA) is 79.2 Å². The van der Waals surface area contributed by atoms with E-state index in [-0.39, 0.29) is 11.4 Å². The molecule has 130 valence electrons. The number of hydrogen-bond donors (Lipinski definition) is 3. The third-order valence-corrected chi connectivity index (χ3v) is 6.63. The summed E-state index contributed by atoms with van der Waals surface area (Å²) in [4.78, 5) is 17.2. The zero-order valence-corrected chi connectivity index (χ0v) is 15.5. The Bertz CT molecular complexity index is 910. The number of thiazole rings is 1. The Morgan fingerprint density at radius 1 is 1.40 bits per heavy atom. The van der Waals surface area contributed by atoms with Crippen molar-refractivity contribution < 1.29 is 9.21 Å². The third kappa shape index (κ3) is 3.12. The van der Waals surface area contributed by atoms with Crippen molar-refractivity contribution >= 4 is 45.7 Å². The predicted octanol–water partition coefficient (Wildman–Crippen LogP) is 3.30. The number of amides is 1. The van der Waals surface area contributed by atoms with Gasteiger partial charge in [-0.3, -0.25) is 15.1 Å². The van der Waals surface area contributed by atoms with Crippen molar-refractivity contribution in [1.29, 1.82) is 0 Å². The number of nitrogens with zero attached hydrogens (tertiary/aromatic N) is 1. The minimum Gasteiger partial charge on any atom is -0.464 e. The van der Waals surface area contributed by atoms with Crippen molar-refractivity contribution in [3.63, 3.8) is 0 Å². The molecule has 0 spiro atoms. The number of carbonyl (C=O) groups excluding carboxylic acids is 1.